The molecule has 15 heavy (non-hydrogen) atoms. The molecule has 0 saturated heterocycles. The molecule has 4 unspecified atom stereocenters. The lowest BCUT2D eigenvalue weighted by molar-refractivity contribution is -0.144. The monoisotopic (exact) mass is 200 g/mol. The molecule has 0 aromatic heterocycles. The standard InChI is InChI=1S/C13H12O2/c1-15-12(14)13-9-5-3-2-4-7(9)8-6-10(13)11(8)13/h2-5,8,10-11H,6H2,1H3. The maximum atomic E-state index is 12.0. The summed E-state index contributed by atoms with van der Waals surface area (Å²) in [5.74, 6) is 1.79. The van der Waals surface area contributed by atoms with Crippen molar-refractivity contribution in [3.8, 4) is 0 Å². The van der Waals surface area contributed by atoms with E-state index in [4.69, 9.17) is 4.74 Å². The van der Waals surface area contributed by atoms with Crippen LogP contribution in [0.2, 0.25) is 0 Å². The highest BCUT2D eigenvalue weighted by Crippen LogP contribution is 2.82. The van der Waals surface area contributed by atoms with Crippen molar-refractivity contribution in [2.75, 3.05) is 7.11 Å². The minimum absolute atomic E-state index is 0.00931. The van der Waals surface area contributed by atoms with Crippen LogP contribution in [0.3, 0.4) is 0 Å². The van der Waals surface area contributed by atoms with Crippen molar-refractivity contribution in [2.45, 2.75) is 17.8 Å². The topological polar surface area (TPSA) is 26.3 Å². The smallest absolute Gasteiger partial charge is 0.316 e. The van der Waals surface area contributed by atoms with Crippen molar-refractivity contribution < 1.29 is 9.53 Å². The molecule has 1 aromatic carbocycles. The van der Waals surface area contributed by atoms with Crippen LogP contribution in [0.5, 0.6) is 0 Å². The zero-order valence-corrected chi connectivity index (χ0v) is 8.57. The average Bonchev–Trinajstić information content (AvgIpc) is 2.71. The summed E-state index contributed by atoms with van der Waals surface area (Å²) in [7, 11) is 1.50. The van der Waals surface area contributed by atoms with Gasteiger partial charge < -0.3 is 4.74 Å². The number of hydrogen-bond acceptors (Lipinski definition) is 2. The van der Waals surface area contributed by atoms with E-state index in [0.717, 1.165) is 0 Å². The number of rotatable bonds is 1. The Hall–Kier alpha value is -1.31. The van der Waals surface area contributed by atoms with Gasteiger partial charge in [0.1, 0.15) is 0 Å². The van der Waals surface area contributed by atoms with Gasteiger partial charge in [-0.3, -0.25) is 4.79 Å². The molecule has 3 aliphatic rings. The van der Waals surface area contributed by atoms with Gasteiger partial charge in [0.25, 0.3) is 0 Å². The van der Waals surface area contributed by atoms with E-state index in [-0.39, 0.29) is 11.4 Å². The van der Waals surface area contributed by atoms with Crippen molar-refractivity contribution >= 4 is 5.97 Å². The summed E-state index contributed by atoms with van der Waals surface area (Å²) in [5, 5.41) is 0. The minimum Gasteiger partial charge on any atom is -0.468 e. The second-order valence-corrected chi connectivity index (χ2v) is 4.92. The maximum absolute atomic E-state index is 12.0. The van der Waals surface area contributed by atoms with Crippen LogP contribution < -0.4 is 0 Å². The molecule has 4 rings (SSSR count). The first-order chi connectivity index (χ1) is 7.31. The molecule has 2 fully saturated rings. The first-order valence-electron chi connectivity index (χ1n) is 5.49. The van der Waals surface area contributed by atoms with Crippen molar-refractivity contribution in [3.05, 3.63) is 35.4 Å². The molecule has 0 aliphatic heterocycles. The van der Waals surface area contributed by atoms with Crippen molar-refractivity contribution in [1.82, 2.24) is 0 Å². The van der Waals surface area contributed by atoms with E-state index < -0.39 is 0 Å². The van der Waals surface area contributed by atoms with Gasteiger partial charge in [-0.05, 0) is 35.3 Å². The van der Waals surface area contributed by atoms with Crippen molar-refractivity contribution in [2.24, 2.45) is 11.8 Å². The quantitative estimate of drug-likeness (QED) is 0.647. The molecule has 76 valence electrons. The third kappa shape index (κ3) is 0.587. The molecule has 3 aliphatic carbocycles. The third-order valence-corrected chi connectivity index (χ3v) is 4.71. The van der Waals surface area contributed by atoms with Gasteiger partial charge >= 0.3 is 5.97 Å². The lowest BCUT2D eigenvalue weighted by atomic mass is 9.77. The molecular weight excluding hydrogens is 188 g/mol. The highest BCUT2D eigenvalue weighted by molar-refractivity contribution is 5.92. The van der Waals surface area contributed by atoms with E-state index in [0.29, 0.717) is 17.8 Å². The van der Waals surface area contributed by atoms with Gasteiger partial charge in [0.05, 0.1) is 12.5 Å². The summed E-state index contributed by atoms with van der Waals surface area (Å²) in [4.78, 5) is 12.0. The number of esters is 1. The van der Waals surface area contributed by atoms with Gasteiger partial charge in [-0.15, -0.1) is 0 Å². The van der Waals surface area contributed by atoms with E-state index >= 15 is 0 Å². The Kier molecular flexibility index (Phi) is 1.11. The predicted octanol–water partition coefficient (Wildman–Crippen LogP) is 1.84. The molecule has 4 atom stereocenters. The van der Waals surface area contributed by atoms with Gasteiger partial charge in [-0.2, -0.15) is 0 Å². The number of fused-ring (bicyclic) bond motifs is 4. The number of hydrogen-bond donors (Lipinski definition) is 0. The van der Waals surface area contributed by atoms with E-state index in [2.05, 4.69) is 18.2 Å². The van der Waals surface area contributed by atoms with Gasteiger partial charge in [-0.25, -0.2) is 0 Å². The zero-order chi connectivity index (χ0) is 10.2. The van der Waals surface area contributed by atoms with Gasteiger partial charge in [0.15, 0.2) is 0 Å². The van der Waals surface area contributed by atoms with Gasteiger partial charge in [0, 0.05) is 0 Å². The van der Waals surface area contributed by atoms with Crippen LogP contribution in [-0.2, 0) is 14.9 Å². The van der Waals surface area contributed by atoms with Gasteiger partial charge in [-0.1, -0.05) is 24.3 Å². The summed E-state index contributed by atoms with van der Waals surface area (Å²) in [6.45, 7) is 0. The largest absolute Gasteiger partial charge is 0.468 e. The SMILES string of the molecule is COC(=O)C12c3ccccc3C3CC1C32. The summed E-state index contributed by atoms with van der Waals surface area (Å²) in [6, 6.07) is 8.39. The Morgan fingerprint density at radius 2 is 2.27 bits per heavy atom. The van der Waals surface area contributed by atoms with Crippen LogP contribution in [0.4, 0.5) is 0 Å². The number of carbonyl (C=O) groups is 1. The van der Waals surface area contributed by atoms with Crippen LogP contribution in [0.15, 0.2) is 24.3 Å². The van der Waals surface area contributed by atoms with Crippen LogP contribution in [-0.4, -0.2) is 13.1 Å². The highest BCUT2D eigenvalue weighted by Gasteiger charge is 2.83. The summed E-state index contributed by atoms with van der Waals surface area (Å²) < 4.78 is 4.99. The molecule has 0 radical (unpaired) electrons. The van der Waals surface area contributed by atoms with E-state index in [9.17, 15) is 4.79 Å². The molecule has 2 heteroatoms. The lowest BCUT2D eigenvalue weighted by Crippen LogP contribution is -2.25. The van der Waals surface area contributed by atoms with Crippen molar-refractivity contribution in [3.63, 3.8) is 0 Å². The molecule has 0 amide bonds. The molecule has 0 bridgehead atoms. The molecular formula is C13H12O2. The maximum Gasteiger partial charge on any atom is 0.316 e. The normalized spacial score (nSPS) is 42.6. The fourth-order valence-electron chi connectivity index (χ4n) is 4.11. The second kappa shape index (κ2) is 2.11. The number of ether oxygens (including phenoxy) is 1. The first-order valence-corrected chi connectivity index (χ1v) is 5.49. The van der Waals surface area contributed by atoms with Crippen LogP contribution in [0.25, 0.3) is 0 Å². The van der Waals surface area contributed by atoms with Crippen molar-refractivity contribution in [1.29, 1.82) is 0 Å². The van der Waals surface area contributed by atoms with E-state index in [1.54, 1.807) is 0 Å². The molecule has 2 saturated carbocycles. The summed E-state index contributed by atoms with van der Waals surface area (Å²) in [6.07, 6.45) is 1.19. The molecule has 2 nitrogen and oxygen atoms in total. The molecule has 0 N–H and O–H groups in total. The number of benzene rings is 1. The Morgan fingerprint density at radius 1 is 1.47 bits per heavy atom. The van der Waals surface area contributed by atoms with Gasteiger partial charge in [0.2, 0.25) is 0 Å². The van der Waals surface area contributed by atoms with E-state index in [1.807, 2.05) is 6.07 Å². The zero-order valence-electron chi connectivity index (χ0n) is 8.57. The Balaban J connectivity index is 1.95. The molecule has 0 spiro atoms. The number of carbonyl (C=O) groups excluding carboxylic acids is 1. The fraction of sp³-hybridized carbons (Fsp3) is 0.462. The third-order valence-electron chi connectivity index (χ3n) is 4.71. The van der Waals surface area contributed by atoms with Crippen LogP contribution in [0, 0.1) is 11.8 Å². The average molecular weight is 200 g/mol. The second-order valence-electron chi connectivity index (χ2n) is 4.92. The minimum atomic E-state index is -0.226. The fourth-order valence-corrected chi connectivity index (χ4v) is 4.11. The van der Waals surface area contributed by atoms with E-state index in [1.165, 1.54) is 24.7 Å². The predicted molar refractivity (Wildman–Crippen MR) is 54.5 cm³/mol. The first kappa shape index (κ1) is 7.91. The Morgan fingerprint density at radius 3 is 3.07 bits per heavy atom. The summed E-state index contributed by atoms with van der Waals surface area (Å²) >= 11 is 0. The lowest BCUT2D eigenvalue weighted by Gasteiger charge is -2.27. The summed E-state index contributed by atoms with van der Waals surface area (Å²) in [5.41, 5.74) is 2.43. The Bertz CT molecular complexity index is 479. The molecule has 1 aromatic rings. The Labute approximate surface area is 88.2 Å². The van der Waals surface area contributed by atoms with Crippen LogP contribution in [0.1, 0.15) is 23.5 Å². The highest BCUT2D eigenvalue weighted by atomic mass is 16.5. The molecule has 0 heterocycles. The van der Waals surface area contributed by atoms with Crippen LogP contribution >= 0.6 is 0 Å². The number of methoxy groups -OCH3 is 1.